The molecule has 0 radical (unpaired) electrons. The summed E-state index contributed by atoms with van der Waals surface area (Å²) in [6.45, 7) is 0. The molecule has 3 rings (SSSR count). The van der Waals surface area contributed by atoms with Gasteiger partial charge in [0.1, 0.15) is 17.0 Å². The summed E-state index contributed by atoms with van der Waals surface area (Å²) in [5.74, 6) is 0.731. The van der Waals surface area contributed by atoms with Crippen LogP contribution in [-0.4, -0.2) is 17.2 Å². The van der Waals surface area contributed by atoms with Crippen LogP contribution in [0.3, 0.4) is 0 Å². The van der Waals surface area contributed by atoms with Gasteiger partial charge in [-0.2, -0.15) is 0 Å². The van der Waals surface area contributed by atoms with Gasteiger partial charge in [0.15, 0.2) is 0 Å². The molecule has 1 N–H and O–H groups in total. The standard InChI is InChI=1S/C17H13Cl2NO2/c1-22-16-7-6-13(19)12-9-15(21)14(20-17(12)16)8-10-2-4-11(18)5-3-10/h2-7,9,21H,8H2,1H3. The number of rotatable bonds is 3. The molecule has 0 aliphatic heterocycles. The van der Waals surface area contributed by atoms with Crippen LogP contribution in [-0.2, 0) is 6.42 Å². The smallest absolute Gasteiger partial charge is 0.145 e. The van der Waals surface area contributed by atoms with Crippen molar-refractivity contribution < 1.29 is 9.84 Å². The van der Waals surface area contributed by atoms with Gasteiger partial charge in [0.05, 0.1) is 17.8 Å². The third kappa shape index (κ3) is 2.82. The number of methoxy groups -OCH3 is 1. The summed E-state index contributed by atoms with van der Waals surface area (Å²) in [5, 5.41) is 12.1. The highest BCUT2D eigenvalue weighted by Crippen LogP contribution is 2.34. The second-order valence-corrected chi connectivity index (χ2v) is 5.75. The normalized spacial score (nSPS) is 10.9. The molecule has 0 bridgehead atoms. The molecule has 0 aliphatic rings. The van der Waals surface area contributed by atoms with Crippen LogP contribution in [0.2, 0.25) is 10.0 Å². The Balaban J connectivity index is 2.10. The lowest BCUT2D eigenvalue weighted by Crippen LogP contribution is -1.96. The highest BCUT2D eigenvalue weighted by atomic mass is 35.5. The first-order valence-electron chi connectivity index (χ1n) is 6.68. The second kappa shape index (κ2) is 6.03. The maximum Gasteiger partial charge on any atom is 0.145 e. The van der Waals surface area contributed by atoms with Crippen molar-refractivity contribution >= 4 is 34.1 Å². The van der Waals surface area contributed by atoms with Gasteiger partial charge in [0, 0.05) is 16.8 Å². The minimum atomic E-state index is 0.109. The van der Waals surface area contributed by atoms with E-state index in [4.69, 9.17) is 27.9 Å². The van der Waals surface area contributed by atoms with Crippen molar-refractivity contribution in [3.8, 4) is 11.5 Å². The van der Waals surface area contributed by atoms with E-state index in [9.17, 15) is 5.11 Å². The number of halogens is 2. The lowest BCUT2D eigenvalue weighted by molar-refractivity contribution is 0.418. The predicted octanol–water partition coefficient (Wildman–Crippen LogP) is 4.85. The van der Waals surface area contributed by atoms with Crippen LogP contribution in [0.5, 0.6) is 11.5 Å². The van der Waals surface area contributed by atoms with Crippen LogP contribution in [0.4, 0.5) is 0 Å². The van der Waals surface area contributed by atoms with Gasteiger partial charge in [0.2, 0.25) is 0 Å². The SMILES string of the molecule is COc1ccc(Cl)c2cc(O)c(Cc3ccc(Cl)cc3)nc12. The van der Waals surface area contributed by atoms with Gasteiger partial charge in [-0.05, 0) is 35.9 Å². The first kappa shape index (κ1) is 14.9. The highest BCUT2D eigenvalue weighted by molar-refractivity contribution is 6.35. The highest BCUT2D eigenvalue weighted by Gasteiger charge is 2.12. The Morgan fingerprint density at radius 2 is 1.82 bits per heavy atom. The van der Waals surface area contributed by atoms with Gasteiger partial charge in [-0.25, -0.2) is 4.98 Å². The Bertz CT molecular complexity index is 832. The van der Waals surface area contributed by atoms with Crippen LogP contribution in [0.1, 0.15) is 11.3 Å². The van der Waals surface area contributed by atoms with E-state index in [1.807, 2.05) is 24.3 Å². The van der Waals surface area contributed by atoms with Crippen LogP contribution in [0.15, 0.2) is 42.5 Å². The van der Waals surface area contributed by atoms with Crippen LogP contribution in [0, 0.1) is 0 Å². The topological polar surface area (TPSA) is 42.4 Å². The van der Waals surface area contributed by atoms with Crippen molar-refractivity contribution in [3.05, 3.63) is 63.8 Å². The first-order chi connectivity index (χ1) is 10.6. The number of fused-ring (bicyclic) bond motifs is 1. The third-order valence-electron chi connectivity index (χ3n) is 3.46. The molecule has 0 saturated heterocycles. The van der Waals surface area contributed by atoms with Crippen molar-refractivity contribution in [2.45, 2.75) is 6.42 Å². The van der Waals surface area contributed by atoms with Crippen LogP contribution < -0.4 is 4.74 Å². The molecular weight excluding hydrogens is 321 g/mol. The Hall–Kier alpha value is -1.97. The van der Waals surface area contributed by atoms with E-state index in [-0.39, 0.29) is 5.75 Å². The molecule has 0 fully saturated rings. The maximum atomic E-state index is 10.2. The van der Waals surface area contributed by atoms with E-state index in [1.165, 1.54) is 0 Å². The molecule has 2 aromatic carbocycles. The van der Waals surface area contributed by atoms with Gasteiger partial charge >= 0.3 is 0 Å². The van der Waals surface area contributed by atoms with Gasteiger partial charge in [-0.3, -0.25) is 0 Å². The summed E-state index contributed by atoms with van der Waals surface area (Å²) in [4.78, 5) is 4.53. The number of hydrogen-bond donors (Lipinski definition) is 1. The fourth-order valence-electron chi connectivity index (χ4n) is 2.32. The first-order valence-corrected chi connectivity index (χ1v) is 7.43. The number of aromatic nitrogens is 1. The van der Waals surface area contributed by atoms with Crippen LogP contribution in [0.25, 0.3) is 10.9 Å². The minimum absolute atomic E-state index is 0.109. The molecule has 3 aromatic rings. The van der Waals surface area contributed by atoms with E-state index in [2.05, 4.69) is 4.98 Å². The Morgan fingerprint density at radius 1 is 1.09 bits per heavy atom. The molecule has 0 unspecified atom stereocenters. The number of pyridine rings is 1. The van der Waals surface area contributed by atoms with Gasteiger partial charge in [-0.1, -0.05) is 35.3 Å². The zero-order valence-corrected chi connectivity index (χ0v) is 13.3. The summed E-state index contributed by atoms with van der Waals surface area (Å²) in [7, 11) is 1.58. The van der Waals surface area contributed by atoms with Crippen LogP contribution >= 0.6 is 23.2 Å². The average Bonchev–Trinajstić information content (AvgIpc) is 2.51. The zero-order valence-electron chi connectivity index (χ0n) is 11.8. The Labute approximate surface area is 138 Å². The quantitative estimate of drug-likeness (QED) is 0.745. The monoisotopic (exact) mass is 333 g/mol. The average molecular weight is 334 g/mol. The number of hydrogen-bond acceptors (Lipinski definition) is 3. The molecule has 22 heavy (non-hydrogen) atoms. The van der Waals surface area contributed by atoms with E-state index >= 15 is 0 Å². The van der Waals surface area contributed by atoms with E-state index in [0.29, 0.717) is 38.8 Å². The molecule has 1 heterocycles. The van der Waals surface area contributed by atoms with Gasteiger partial charge in [0.25, 0.3) is 0 Å². The molecular formula is C17H13Cl2NO2. The second-order valence-electron chi connectivity index (χ2n) is 4.90. The largest absolute Gasteiger partial charge is 0.506 e. The number of nitrogens with zero attached hydrogens (tertiary/aromatic N) is 1. The summed E-state index contributed by atoms with van der Waals surface area (Å²) in [5.41, 5.74) is 2.21. The fraction of sp³-hybridized carbons (Fsp3) is 0.118. The fourth-order valence-corrected chi connectivity index (χ4v) is 2.65. The Morgan fingerprint density at radius 3 is 2.50 bits per heavy atom. The van der Waals surface area contributed by atoms with Crippen molar-refractivity contribution in [1.29, 1.82) is 0 Å². The van der Waals surface area contributed by atoms with Crippen molar-refractivity contribution in [1.82, 2.24) is 4.98 Å². The molecule has 112 valence electrons. The van der Waals surface area contributed by atoms with Gasteiger partial charge in [-0.15, -0.1) is 0 Å². The van der Waals surface area contributed by atoms with Crippen molar-refractivity contribution in [2.24, 2.45) is 0 Å². The van der Waals surface area contributed by atoms with E-state index in [1.54, 1.807) is 25.3 Å². The molecule has 1 aromatic heterocycles. The summed E-state index contributed by atoms with van der Waals surface area (Å²) in [6, 6.07) is 12.5. The summed E-state index contributed by atoms with van der Waals surface area (Å²) >= 11 is 12.1. The lowest BCUT2D eigenvalue weighted by Gasteiger charge is -2.10. The maximum absolute atomic E-state index is 10.2. The predicted molar refractivity (Wildman–Crippen MR) is 89.2 cm³/mol. The number of ether oxygens (including phenoxy) is 1. The summed E-state index contributed by atoms with van der Waals surface area (Å²) in [6.07, 6.45) is 0.495. The molecule has 0 aliphatic carbocycles. The van der Waals surface area contributed by atoms with Crippen molar-refractivity contribution in [3.63, 3.8) is 0 Å². The van der Waals surface area contributed by atoms with Crippen molar-refractivity contribution in [2.75, 3.05) is 7.11 Å². The molecule has 3 nitrogen and oxygen atoms in total. The number of aromatic hydroxyl groups is 1. The van der Waals surface area contributed by atoms with E-state index in [0.717, 1.165) is 5.56 Å². The third-order valence-corrected chi connectivity index (χ3v) is 4.04. The number of benzene rings is 2. The minimum Gasteiger partial charge on any atom is -0.506 e. The molecule has 0 saturated carbocycles. The Kier molecular flexibility index (Phi) is 4.10. The zero-order chi connectivity index (χ0) is 15.7. The molecule has 0 atom stereocenters. The lowest BCUT2D eigenvalue weighted by atomic mass is 10.1. The molecule has 0 spiro atoms. The van der Waals surface area contributed by atoms with E-state index < -0.39 is 0 Å². The summed E-state index contributed by atoms with van der Waals surface area (Å²) < 4.78 is 5.32. The van der Waals surface area contributed by atoms with Gasteiger partial charge < -0.3 is 9.84 Å². The molecule has 0 amide bonds. The molecule has 5 heteroatoms.